The minimum Gasteiger partial charge on any atom is -0.488 e. The van der Waals surface area contributed by atoms with Gasteiger partial charge in [-0.25, -0.2) is 4.79 Å². The zero-order chi connectivity index (χ0) is 19.6. The average Bonchev–Trinajstić information content (AvgIpc) is 3.44. The summed E-state index contributed by atoms with van der Waals surface area (Å²) in [4.78, 5) is 12.3. The van der Waals surface area contributed by atoms with Crippen LogP contribution in [0.1, 0.15) is 58.3 Å². The van der Waals surface area contributed by atoms with E-state index in [4.69, 9.17) is 9.47 Å². The minimum absolute atomic E-state index is 0.118. The lowest BCUT2D eigenvalue weighted by Gasteiger charge is -2.18. The minimum atomic E-state index is -4.51. The van der Waals surface area contributed by atoms with E-state index in [1.807, 2.05) is 6.07 Å². The summed E-state index contributed by atoms with van der Waals surface area (Å²) in [5.41, 5.74) is 1.58. The van der Waals surface area contributed by atoms with Crippen LogP contribution in [0.2, 0.25) is 0 Å². The molecule has 1 fully saturated rings. The Kier molecular flexibility index (Phi) is 5.44. The highest BCUT2D eigenvalue weighted by molar-refractivity contribution is 5.91. The van der Waals surface area contributed by atoms with Gasteiger partial charge in [0.15, 0.2) is 0 Å². The maximum absolute atomic E-state index is 13.3. The summed E-state index contributed by atoms with van der Waals surface area (Å²) in [5, 5.41) is 0. The molecule has 1 saturated carbocycles. The fourth-order valence-electron chi connectivity index (χ4n) is 3.08. The molecule has 0 atom stereocenters. The van der Waals surface area contributed by atoms with Gasteiger partial charge in [0, 0.05) is 5.56 Å². The number of hydrogen-bond acceptors (Lipinski definition) is 3. The molecule has 2 aromatic rings. The molecule has 1 aliphatic rings. The first-order chi connectivity index (χ1) is 12.8. The first kappa shape index (κ1) is 19.3. The SMILES string of the molecule is CCOC(=O)c1cccc(C2CC2)c1COc1ccc(C)cc1C(F)(F)F. The quantitative estimate of drug-likeness (QED) is 0.610. The van der Waals surface area contributed by atoms with Gasteiger partial charge in [-0.15, -0.1) is 0 Å². The summed E-state index contributed by atoms with van der Waals surface area (Å²) < 4.78 is 50.6. The van der Waals surface area contributed by atoms with E-state index in [1.165, 1.54) is 6.07 Å². The Labute approximate surface area is 156 Å². The van der Waals surface area contributed by atoms with Gasteiger partial charge in [0.25, 0.3) is 0 Å². The van der Waals surface area contributed by atoms with Crippen LogP contribution in [-0.4, -0.2) is 12.6 Å². The maximum Gasteiger partial charge on any atom is 0.419 e. The molecule has 6 heteroatoms. The first-order valence-corrected chi connectivity index (χ1v) is 8.90. The molecule has 0 bridgehead atoms. The van der Waals surface area contributed by atoms with E-state index < -0.39 is 17.7 Å². The van der Waals surface area contributed by atoms with Gasteiger partial charge in [-0.2, -0.15) is 13.2 Å². The number of hydrogen-bond donors (Lipinski definition) is 0. The summed E-state index contributed by atoms with van der Waals surface area (Å²) in [5.74, 6) is -0.412. The third kappa shape index (κ3) is 4.43. The third-order valence-corrected chi connectivity index (χ3v) is 4.54. The van der Waals surface area contributed by atoms with Gasteiger partial charge in [-0.1, -0.05) is 23.8 Å². The molecule has 144 valence electrons. The van der Waals surface area contributed by atoms with Gasteiger partial charge in [-0.05, 0) is 56.4 Å². The fraction of sp³-hybridized carbons (Fsp3) is 0.381. The largest absolute Gasteiger partial charge is 0.488 e. The normalized spacial score (nSPS) is 14.1. The molecule has 0 heterocycles. The Morgan fingerprint density at radius 3 is 2.56 bits per heavy atom. The molecule has 1 aliphatic carbocycles. The number of rotatable bonds is 6. The van der Waals surface area contributed by atoms with Crippen LogP contribution in [0.3, 0.4) is 0 Å². The Morgan fingerprint density at radius 2 is 1.93 bits per heavy atom. The highest BCUT2D eigenvalue weighted by Crippen LogP contribution is 2.43. The number of carbonyl (C=O) groups excluding carboxylic acids is 1. The molecule has 2 aromatic carbocycles. The van der Waals surface area contributed by atoms with Gasteiger partial charge in [0.05, 0.1) is 17.7 Å². The first-order valence-electron chi connectivity index (χ1n) is 8.90. The van der Waals surface area contributed by atoms with Crippen molar-refractivity contribution in [2.45, 2.75) is 45.4 Å². The second kappa shape index (κ2) is 7.62. The molecule has 0 aliphatic heterocycles. The fourth-order valence-corrected chi connectivity index (χ4v) is 3.08. The molecule has 0 radical (unpaired) electrons. The summed E-state index contributed by atoms with van der Waals surface area (Å²) in [7, 11) is 0. The molecular formula is C21H21F3O3. The number of alkyl halides is 3. The van der Waals surface area contributed by atoms with Crippen molar-refractivity contribution in [3.8, 4) is 5.75 Å². The lowest BCUT2D eigenvalue weighted by atomic mass is 9.98. The summed E-state index contributed by atoms with van der Waals surface area (Å²) >= 11 is 0. The standard InChI is InChI=1S/C21H21F3O3/c1-3-26-20(25)16-6-4-5-15(14-8-9-14)17(16)12-27-19-10-7-13(2)11-18(19)21(22,23)24/h4-7,10-11,14H,3,8-9,12H2,1-2H3. The third-order valence-electron chi connectivity index (χ3n) is 4.54. The van der Waals surface area contributed by atoms with Crippen molar-refractivity contribution in [3.63, 3.8) is 0 Å². The van der Waals surface area contributed by atoms with E-state index in [-0.39, 0.29) is 19.0 Å². The average molecular weight is 378 g/mol. The lowest BCUT2D eigenvalue weighted by Crippen LogP contribution is -2.14. The monoisotopic (exact) mass is 378 g/mol. The van der Waals surface area contributed by atoms with Gasteiger partial charge in [0.1, 0.15) is 12.4 Å². The molecule has 27 heavy (non-hydrogen) atoms. The van der Waals surface area contributed by atoms with Crippen LogP contribution < -0.4 is 4.74 Å². The van der Waals surface area contributed by atoms with Crippen molar-refractivity contribution in [1.29, 1.82) is 0 Å². The zero-order valence-electron chi connectivity index (χ0n) is 15.2. The van der Waals surface area contributed by atoms with Crippen LogP contribution in [0.4, 0.5) is 13.2 Å². The second-order valence-electron chi connectivity index (χ2n) is 6.65. The predicted octanol–water partition coefficient (Wildman–Crippen LogP) is 5.65. The van der Waals surface area contributed by atoms with E-state index in [2.05, 4.69) is 0 Å². The van der Waals surface area contributed by atoms with Crippen LogP contribution in [0.5, 0.6) is 5.75 Å². The Balaban J connectivity index is 1.93. The molecule has 0 N–H and O–H groups in total. The predicted molar refractivity (Wildman–Crippen MR) is 94.9 cm³/mol. The number of aryl methyl sites for hydroxylation is 1. The topological polar surface area (TPSA) is 35.5 Å². The molecule has 3 nitrogen and oxygen atoms in total. The van der Waals surface area contributed by atoms with E-state index in [9.17, 15) is 18.0 Å². The summed E-state index contributed by atoms with van der Waals surface area (Å²) in [6.45, 7) is 3.41. The van der Waals surface area contributed by atoms with E-state index >= 15 is 0 Å². The van der Waals surface area contributed by atoms with Crippen molar-refractivity contribution in [2.75, 3.05) is 6.61 Å². The van der Waals surface area contributed by atoms with Gasteiger partial charge < -0.3 is 9.47 Å². The molecule has 0 unspecified atom stereocenters. The Morgan fingerprint density at radius 1 is 1.19 bits per heavy atom. The van der Waals surface area contributed by atoms with Gasteiger partial charge >= 0.3 is 12.1 Å². The van der Waals surface area contributed by atoms with Crippen molar-refractivity contribution in [1.82, 2.24) is 0 Å². The van der Waals surface area contributed by atoms with Crippen molar-refractivity contribution in [2.24, 2.45) is 0 Å². The van der Waals surface area contributed by atoms with Crippen LogP contribution in [0.15, 0.2) is 36.4 Å². The van der Waals surface area contributed by atoms with E-state index in [1.54, 1.807) is 32.0 Å². The number of benzene rings is 2. The van der Waals surface area contributed by atoms with Crippen LogP contribution in [0, 0.1) is 6.92 Å². The van der Waals surface area contributed by atoms with E-state index in [0.717, 1.165) is 24.5 Å². The molecule has 0 spiro atoms. The molecule has 3 rings (SSSR count). The zero-order valence-corrected chi connectivity index (χ0v) is 15.2. The number of esters is 1. The highest BCUT2D eigenvalue weighted by Gasteiger charge is 2.35. The molecule has 0 aromatic heterocycles. The number of halogens is 3. The summed E-state index contributed by atoms with van der Waals surface area (Å²) in [6, 6.07) is 9.26. The van der Waals surface area contributed by atoms with E-state index in [0.29, 0.717) is 22.6 Å². The maximum atomic E-state index is 13.3. The lowest BCUT2D eigenvalue weighted by molar-refractivity contribution is -0.139. The smallest absolute Gasteiger partial charge is 0.419 e. The van der Waals surface area contributed by atoms with Crippen molar-refractivity contribution < 1.29 is 27.4 Å². The Bertz CT molecular complexity index is 839. The van der Waals surface area contributed by atoms with Crippen LogP contribution >= 0.6 is 0 Å². The van der Waals surface area contributed by atoms with Gasteiger partial charge in [-0.3, -0.25) is 0 Å². The summed E-state index contributed by atoms with van der Waals surface area (Å²) in [6.07, 6.45) is -2.52. The highest BCUT2D eigenvalue weighted by atomic mass is 19.4. The van der Waals surface area contributed by atoms with Crippen molar-refractivity contribution >= 4 is 5.97 Å². The van der Waals surface area contributed by atoms with Crippen LogP contribution in [-0.2, 0) is 17.5 Å². The second-order valence-corrected chi connectivity index (χ2v) is 6.65. The number of carbonyl (C=O) groups is 1. The molecule has 0 amide bonds. The number of ether oxygens (including phenoxy) is 2. The Hall–Kier alpha value is -2.50. The van der Waals surface area contributed by atoms with Crippen LogP contribution in [0.25, 0.3) is 0 Å². The van der Waals surface area contributed by atoms with Gasteiger partial charge in [0.2, 0.25) is 0 Å². The molecule has 0 saturated heterocycles. The molecular weight excluding hydrogens is 357 g/mol. The van der Waals surface area contributed by atoms with Crippen molar-refractivity contribution in [3.05, 3.63) is 64.2 Å².